The quantitative estimate of drug-likeness (QED) is 0.517. The summed E-state index contributed by atoms with van der Waals surface area (Å²) >= 11 is 0. The number of ether oxygens (including phenoxy) is 2. The lowest BCUT2D eigenvalue weighted by atomic mass is 9.78. The van der Waals surface area contributed by atoms with E-state index in [1.807, 2.05) is 0 Å². The fraction of sp³-hybridized carbons (Fsp3) is 0.286. The number of carbonyl (C=O) groups is 1. The molecular weight excluding hydrogens is 376 g/mol. The predicted octanol–water partition coefficient (Wildman–Crippen LogP) is 5.36. The van der Waals surface area contributed by atoms with E-state index in [0.717, 1.165) is 12.2 Å². The van der Waals surface area contributed by atoms with Crippen LogP contribution in [0.25, 0.3) is 10.8 Å². The number of ketones is 1. The van der Waals surface area contributed by atoms with Gasteiger partial charge >= 0.3 is 6.18 Å². The van der Waals surface area contributed by atoms with Crippen molar-refractivity contribution in [3.8, 4) is 11.5 Å². The summed E-state index contributed by atoms with van der Waals surface area (Å²) in [6.45, 7) is 1.54. The van der Waals surface area contributed by atoms with Gasteiger partial charge in [0.15, 0.2) is 5.78 Å². The Morgan fingerprint density at radius 1 is 1.04 bits per heavy atom. The molecule has 0 spiro atoms. The lowest BCUT2D eigenvalue weighted by Crippen LogP contribution is -2.49. The van der Waals surface area contributed by atoms with Crippen molar-refractivity contribution in [3.63, 3.8) is 0 Å². The molecular formula is C21H18F4O3. The van der Waals surface area contributed by atoms with Gasteiger partial charge in [0.05, 0.1) is 25.7 Å². The van der Waals surface area contributed by atoms with Crippen LogP contribution in [0.4, 0.5) is 17.6 Å². The third-order valence-electron chi connectivity index (χ3n) is 4.94. The van der Waals surface area contributed by atoms with E-state index in [4.69, 9.17) is 9.47 Å². The van der Waals surface area contributed by atoms with Gasteiger partial charge in [0, 0.05) is 16.3 Å². The zero-order valence-corrected chi connectivity index (χ0v) is 15.4. The van der Waals surface area contributed by atoms with Crippen LogP contribution in [0.1, 0.15) is 15.9 Å². The Kier molecular flexibility index (Phi) is 4.95. The van der Waals surface area contributed by atoms with E-state index in [1.54, 1.807) is 24.3 Å². The van der Waals surface area contributed by atoms with Crippen LogP contribution in [0.3, 0.4) is 0 Å². The van der Waals surface area contributed by atoms with Crippen LogP contribution in [0, 0.1) is 12.8 Å². The average Bonchev–Trinajstić information content (AvgIpc) is 2.66. The molecule has 0 amide bonds. The fourth-order valence-corrected chi connectivity index (χ4v) is 3.59. The van der Waals surface area contributed by atoms with E-state index in [2.05, 4.69) is 0 Å². The first kappa shape index (κ1) is 19.9. The third-order valence-corrected chi connectivity index (χ3v) is 4.94. The van der Waals surface area contributed by atoms with Gasteiger partial charge in [0.2, 0.25) is 5.67 Å². The monoisotopic (exact) mass is 394 g/mol. The molecule has 0 N–H and O–H groups in total. The number of halogens is 4. The second-order valence-electron chi connectivity index (χ2n) is 6.46. The summed E-state index contributed by atoms with van der Waals surface area (Å²) in [5, 5.41) is 1.12. The van der Waals surface area contributed by atoms with E-state index < -0.39 is 23.5 Å². The van der Waals surface area contributed by atoms with Gasteiger partial charge in [-0.2, -0.15) is 13.2 Å². The maximum absolute atomic E-state index is 15.0. The summed E-state index contributed by atoms with van der Waals surface area (Å²) < 4.78 is 66.2. The van der Waals surface area contributed by atoms with Crippen molar-refractivity contribution in [2.45, 2.75) is 18.8 Å². The highest BCUT2D eigenvalue weighted by Crippen LogP contribution is 2.47. The van der Waals surface area contributed by atoms with Crippen molar-refractivity contribution >= 4 is 16.6 Å². The number of rotatable bonds is 4. The first-order valence-corrected chi connectivity index (χ1v) is 8.46. The maximum Gasteiger partial charge on any atom is 0.427 e. The van der Waals surface area contributed by atoms with Crippen molar-refractivity contribution in [1.82, 2.24) is 0 Å². The van der Waals surface area contributed by atoms with Gasteiger partial charge in [-0.25, -0.2) is 4.39 Å². The number of alkyl halides is 4. The van der Waals surface area contributed by atoms with Gasteiger partial charge in [-0.05, 0) is 13.0 Å². The molecule has 0 fully saturated rings. The minimum atomic E-state index is -5.25. The zero-order valence-electron chi connectivity index (χ0n) is 15.4. The number of hydrogen-bond acceptors (Lipinski definition) is 3. The van der Waals surface area contributed by atoms with Crippen molar-refractivity contribution in [2.75, 3.05) is 14.2 Å². The molecule has 0 radical (unpaired) electrons. The van der Waals surface area contributed by atoms with Crippen LogP contribution >= 0.6 is 0 Å². The minimum Gasteiger partial charge on any atom is -0.496 e. The molecule has 2 aromatic rings. The molecule has 1 aliphatic rings. The SMILES string of the molecule is COc1c(C)c(C(=O)C2C=CC=CC2(F)C(F)(F)F)c(OC)c2ccccc12. The topological polar surface area (TPSA) is 35.5 Å². The second kappa shape index (κ2) is 6.96. The van der Waals surface area contributed by atoms with E-state index in [1.165, 1.54) is 27.2 Å². The number of allylic oxidation sites excluding steroid dienone is 4. The third kappa shape index (κ3) is 2.85. The van der Waals surface area contributed by atoms with Crippen LogP contribution in [-0.4, -0.2) is 31.8 Å². The normalized spacial score (nSPS) is 21.8. The van der Waals surface area contributed by atoms with Crippen LogP contribution in [0.2, 0.25) is 0 Å². The Morgan fingerprint density at radius 3 is 2.14 bits per heavy atom. The Hall–Kier alpha value is -2.83. The number of carbonyl (C=O) groups excluding carboxylic acids is 1. The molecule has 0 aromatic heterocycles. The van der Waals surface area contributed by atoms with Gasteiger partial charge in [0.1, 0.15) is 11.5 Å². The van der Waals surface area contributed by atoms with E-state index in [-0.39, 0.29) is 16.9 Å². The number of hydrogen-bond donors (Lipinski definition) is 0. The molecule has 0 heterocycles. The second-order valence-corrected chi connectivity index (χ2v) is 6.46. The molecule has 1 aliphatic carbocycles. The molecule has 2 atom stereocenters. The van der Waals surface area contributed by atoms with Crippen molar-refractivity contribution in [3.05, 3.63) is 59.7 Å². The van der Waals surface area contributed by atoms with Crippen LogP contribution in [0.15, 0.2) is 48.6 Å². The van der Waals surface area contributed by atoms with Crippen LogP contribution < -0.4 is 9.47 Å². The van der Waals surface area contributed by atoms with E-state index in [0.29, 0.717) is 22.6 Å². The van der Waals surface area contributed by atoms with E-state index >= 15 is 0 Å². The van der Waals surface area contributed by atoms with Gasteiger partial charge in [-0.1, -0.05) is 42.5 Å². The molecule has 7 heteroatoms. The summed E-state index contributed by atoms with van der Waals surface area (Å²) in [7, 11) is 2.71. The van der Waals surface area contributed by atoms with Gasteiger partial charge < -0.3 is 9.47 Å². The number of methoxy groups -OCH3 is 2. The number of Topliss-reactive ketones (excluding diaryl/α,β-unsaturated/α-hetero) is 1. The number of benzene rings is 2. The lowest BCUT2D eigenvalue weighted by Gasteiger charge is -2.32. The summed E-state index contributed by atoms with van der Waals surface area (Å²) in [5.41, 5.74) is -3.65. The molecule has 0 aliphatic heterocycles. The average molecular weight is 394 g/mol. The Labute approximate surface area is 159 Å². The molecule has 28 heavy (non-hydrogen) atoms. The van der Waals surface area contributed by atoms with E-state index in [9.17, 15) is 22.4 Å². The molecule has 148 valence electrons. The predicted molar refractivity (Wildman–Crippen MR) is 97.8 cm³/mol. The van der Waals surface area contributed by atoms with Gasteiger partial charge in [-0.3, -0.25) is 4.79 Å². The van der Waals surface area contributed by atoms with Gasteiger partial charge in [0.25, 0.3) is 0 Å². The highest BCUT2D eigenvalue weighted by molar-refractivity contribution is 6.10. The summed E-state index contributed by atoms with van der Waals surface area (Å²) in [6.07, 6.45) is -1.78. The smallest absolute Gasteiger partial charge is 0.427 e. The summed E-state index contributed by atoms with van der Waals surface area (Å²) in [6, 6.07) is 6.87. The minimum absolute atomic E-state index is 0.0892. The lowest BCUT2D eigenvalue weighted by molar-refractivity contribution is -0.219. The van der Waals surface area contributed by atoms with Crippen LogP contribution in [0.5, 0.6) is 11.5 Å². The molecule has 0 saturated carbocycles. The highest BCUT2D eigenvalue weighted by Gasteiger charge is 2.61. The standard InChI is InChI=1S/C21H18F4O3/c1-12-16(17(26)15-10-6-7-11-20(15,22)21(23,24)25)19(28-3)14-9-5-4-8-13(14)18(12)27-2/h4-11,15H,1-3H3. The summed E-state index contributed by atoms with van der Waals surface area (Å²) in [4.78, 5) is 13.2. The van der Waals surface area contributed by atoms with Crippen molar-refractivity contribution < 1.29 is 31.8 Å². The first-order valence-electron chi connectivity index (χ1n) is 8.46. The number of fused-ring (bicyclic) bond motifs is 1. The first-order chi connectivity index (χ1) is 13.2. The molecule has 3 nitrogen and oxygen atoms in total. The Morgan fingerprint density at radius 2 is 1.61 bits per heavy atom. The molecule has 3 rings (SSSR count). The molecule has 0 saturated heterocycles. The van der Waals surface area contributed by atoms with Gasteiger partial charge in [-0.15, -0.1) is 0 Å². The van der Waals surface area contributed by atoms with Crippen LogP contribution in [-0.2, 0) is 0 Å². The maximum atomic E-state index is 15.0. The highest BCUT2D eigenvalue weighted by atomic mass is 19.4. The van der Waals surface area contributed by atoms with Crippen molar-refractivity contribution in [1.29, 1.82) is 0 Å². The molecule has 0 bridgehead atoms. The molecule has 2 unspecified atom stereocenters. The zero-order chi connectivity index (χ0) is 20.7. The molecule has 2 aromatic carbocycles. The summed E-state index contributed by atoms with van der Waals surface area (Å²) in [5.74, 6) is -2.69. The van der Waals surface area contributed by atoms with Crippen molar-refractivity contribution in [2.24, 2.45) is 5.92 Å². The fourth-order valence-electron chi connectivity index (χ4n) is 3.59. The Bertz CT molecular complexity index is 991. The largest absolute Gasteiger partial charge is 0.496 e. The Balaban J connectivity index is 2.29.